The van der Waals surface area contributed by atoms with Crippen molar-refractivity contribution in [2.45, 2.75) is 39.7 Å². The van der Waals surface area contributed by atoms with Crippen LogP contribution in [0.15, 0.2) is 24.3 Å². The van der Waals surface area contributed by atoms with E-state index in [1.807, 2.05) is 18.5 Å². The van der Waals surface area contributed by atoms with Gasteiger partial charge in [-0.2, -0.15) is 0 Å². The van der Waals surface area contributed by atoms with Crippen LogP contribution in [0.5, 0.6) is 0 Å². The number of para-hydroxylation sites is 1. The molecule has 2 rings (SSSR count). The van der Waals surface area contributed by atoms with E-state index >= 15 is 0 Å². The van der Waals surface area contributed by atoms with Crippen molar-refractivity contribution in [2.24, 2.45) is 7.05 Å². The summed E-state index contributed by atoms with van der Waals surface area (Å²) in [5.41, 5.74) is 2.60. The Morgan fingerprint density at radius 3 is 2.42 bits per heavy atom. The molecule has 0 bridgehead atoms. The van der Waals surface area contributed by atoms with Gasteiger partial charge >= 0.3 is 0 Å². The Bertz CT molecular complexity index is 564. The van der Waals surface area contributed by atoms with Crippen LogP contribution in [0.1, 0.15) is 38.0 Å². The van der Waals surface area contributed by atoms with Crippen molar-refractivity contribution in [3.05, 3.63) is 41.5 Å². The molecule has 102 valence electrons. The summed E-state index contributed by atoms with van der Waals surface area (Å²) in [4.78, 5) is 0. The maximum absolute atomic E-state index is 4.17. The summed E-state index contributed by atoms with van der Waals surface area (Å²) in [6.45, 7) is 9.31. The minimum absolute atomic E-state index is 0.124. The maximum atomic E-state index is 4.17. The molecular weight excluding hydrogens is 236 g/mol. The van der Waals surface area contributed by atoms with Crippen LogP contribution >= 0.6 is 0 Å². The van der Waals surface area contributed by atoms with Crippen molar-refractivity contribution in [2.75, 3.05) is 5.32 Å². The minimum Gasteiger partial charge on any atom is -0.377 e. The minimum atomic E-state index is 0.124. The van der Waals surface area contributed by atoms with Gasteiger partial charge in [-0.05, 0) is 24.0 Å². The smallest absolute Gasteiger partial charge is 0.152 e. The Hall–Kier alpha value is -1.84. The van der Waals surface area contributed by atoms with Crippen molar-refractivity contribution in [3.63, 3.8) is 0 Å². The van der Waals surface area contributed by atoms with E-state index in [1.54, 1.807) is 0 Å². The van der Waals surface area contributed by atoms with Crippen molar-refractivity contribution >= 4 is 5.69 Å². The average Bonchev–Trinajstić information content (AvgIpc) is 2.67. The lowest BCUT2D eigenvalue weighted by atomic mass is 9.86. The van der Waals surface area contributed by atoms with E-state index < -0.39 is 0 Å². The van der Waals surface area contributed by atoms with Gasteiger partial charge in [-0.3, -0.25) is 0 Å². The molecule has 0 aliphatic rings. The number of benzene rings is 1. The molecule has 2 aromatic rings. The molecule has 0 unspecified atom stereocenters. The quantitative estimate of drug-likeness (QED) is 0.920. The number of hydrogen-bond acceptors (Lipinski definition) is 3. The van der Waals surface area contributed by atoms with Crippen molar-refractivity contribution in [1.82, 2.24) is 14.8 Å². The second-order valence-electron chi connectivity index (χ2n) is 5.87. The molecule has 0 aliphatic carbocycles. The standard InChI is InChI=1S/C15H22N4/c1-11-17-18-14(19(11)5)10-16-13-9-7-6-8-12(13)15(2,3)4/h6-9,16H,10H2,1-5H3. The number of hydrogen-bond donors (Lipinski definition) is 1. The van der Waals surface area contributed by atoms with Crippen LogP contribution in [0.2, 0.25) is 0 Å². The van der Waals surface area contributed by atoms with Gasteiger partial charge < -0.3 is 9.88 Å². The molecule has 19 heavy (non-hydrogen) atoms. The Balaban J connectivity index is 2.19. The number of rotatable bonds is 3. The molecule has 1 N–H and O–H groups in total. The van der Waals surface area contributed by atoms with Gasteiger partial charge in [0.05, 0.1) is 6.54 Å². The monoisotopic (exact) mass is 258 g/mol. The van der Waals surface area contributed by atoms with Crippen LogP contribution in [0.3, 0.4) is 0 Å². The molecule has 4 heteroatoms. The third kappa shape index (κ3) is 2.95. The van der Waals surface area contributed by atoms with Crippen LogP contribution in [-0.2, 0) is 19.0 Å². The SMILES string of the molecule is Cc1nnc(CNc2ccccc2C(C)(C)C)n1C. The molecule has 1 aromatic heterocycles. The zero-order valence-electron chi connectivity index (χ0n) is 12.4. The summed E-state index contributed by atoms with van der Waals surface area (Å²) < 4.78 is 2.01. The molecule has 1 heterocycles. The van der Waals surface area contributed by atoms with E-state index in [0.29, 0.717) is 6.54 Å². The van der Waals surface area contributed by atoms with Crippen LogP contribution in [-0.4, -0.2) is 14.8 Å². The molecule has 0 amide bonds. The molecule has 4 nitrogen and oxygen atoms in total. The lowest BCUT2D eigenvalue weighted by molar-refractivity contribution is 0.591. The molecule has 1 aromatic carbocycles. The molecule has 0 aliphatic heterocycles. The number of anilines is 1. The third-order valence-electron chi connectivity index (χ3n) is 3.35. The van der Waals surface area contributed by atoms with E-state index in [1.165, 1.54) is 5.56 Å². The summed E-state index contributed by atoms with van der Waals surface area (Å²) in [7, 11) is 1.99. The summed E-state index contributed by atoms with van der Waals surface area (Å²) in [5.74, 6) is 1.88. The zero-order valence-corrected chi connectivity index (χ0v) is 12.4. The first-order valence-corrected chi connectivity index (χ1v) is 6.58. The second kappa shape index (κ2) is 5.03. The number of nitrogens with zero attached hydrogens (tertiary/aromatic N) is 3. The topological polar surface area (TPSA) is 42.7 Å². The Morgan fingerprint density at radius 1 is 1.16 bits per heavy atom. The first kappa shape index (κ1) is 13.6. The summed E-state index contributed by atoms with van der Waals surface area (Å²) in [6.07, 6.45) is 0. The summed E-state index contributed by atoms with van der Waals surface area (Å²) in [6, 6.07) is 8.42. The Kier molecular flexibility index (Phi) is 3.60. The largest absolute Gasteiger partial charge is 0.377 e. The molecule has 0 saturated carbocycles. The Morgan fingerprint density at radius 2 is 1.84 bits per heavy atom. The van der Waals surface area contributed by atoms with Crippen LogP contribution in [0, 0.1) is 6.92 Å². The van der Waals surface area contributed by atoms with E-state index in [9.17, 15) is 0 Å². The number of nitrogens with one attached hydrogen (secondary N) is 1. The predicted molar refractivity (Wildman–Crippen MR) is 78.2 cm³/mol. The molecule has 0 spiro atoms. The van der Waals surface area contributed by atoms with E-state index in [4.69, 9.17) is 0 Å². The van der Waals surface area contributed by atoms with E-state index in [2.05, 4.69) is 60.6 Å². The fourth-order valence-corrected chi connectivity index (χ4v) is 2.07. The third-order valence-corrected chi connectivity index (χ3v) is 3.35. The van der Waals surface area contributed by atoms with Gasteiger partial charge in [-0.25, -0.2) is 0 Å². The van der Waals surface area contributed by atoms with Crippen molar-refractivity contribution in [1.29, 1.82) is 0 Å². The first-order valence-electron chi connectivity index (χ1n) is 6.58. The van der Waals surface area contributed by atoms with E-state index in [0.717, 1.165) is 17.3 Å². The van der Waals surface area contributed by atoms with Gasteiger partial charge in [0.1, 0.15) is 5.82 Å². The van der Waals surface area contributed by atoms with Crippen molar-refractivity contribution in [3.8, 4) is 0 Å². The first-order chi connectivity index (χ1) is 8.89. The summed E-state index contributed by atoms with van der Waals surface area (Å²) in [5, 5.41) is 11.7. The molecule has 0 fully saturated rings. The van der Waals surface area contributed by atoms with Crippen LogP contribution in [0.25, 0.3) is 0 Å². The normalized spacial score (nSPS) is 11.6. The van der Waals surface area contributed by atoms with Gasteiger partial charge in [-0.15, -0.1) is 10.2 Å². The highest BCUT2D eigenvalue weighted by atomic mass is 15.3. The lowest BCUT2D eigenvalue weighted by Gasteiger charge is -2.23. The van der Waals surface area contributed by atoms with Gasteiger partial charge in [0.15, 0.2) is 5.82 Å². The lowest BCUT2D eigenvalue weighted by Crippen LogP contribution is -2.15. The van der Waals surface area contributed by atoms with Gasteiger partial charge in [0.25, 0.3) is 0 Å². The maximum Gasteiger partial charge on any atom is 0.152 e. The molecular formula is C15H22N4. The number of aryl methyl sites for hydroxylation is 1. The van der Waals surface area contributed by atoms with E-state index in [-0.39, 0.29) is 5.41 Å². The highest BCUT2D eigenvalue weighted by Crippen LogP contribution is 2.29. The molecule has 0 radical (unpaired) electrons. The predicted octanol–water partition coefficient (Wildman–Crippen LogP) is 3.03. The fourth-order valence-electron chi connectivity index (χ4n) is 2.07. The highest BCUT2D eigenvalue weighted by molar-refractivity contribution is 5.54. The van der Waals surface area contributed by atoms with Crippen molar-refractivity contribution < 1.29 is 0 Å². The van der Waals surface area contributed by atoms with Gasteiger partial charge in [-0.1, -0.05) is 39.0 Å². The van der Waals surface area contributed by atoms with Gasteiger partial charge in [0.2, 0.25) is 0 Å². The van der Waals surface area contributed by atoms with Gasteiger partial charge in [0, 0.05) is 12.7 Å². The highest BCUT2D eigenvalue weighted by Gasteiger charge is 2.17. The number of aromatic nitrogens is 3. The molecule has 0 saturated heterocycles. The Labute approximate surface area is 114 Å². The second-order valence-corrected chi connectivity index (χ2v) is 5.87. The van der Waals surface area contributed by atoms with Crippen LogP contribution < -0.4 is 5.32 Å². The fraction of sp³-hybridized carbons (Fsp3) is 0.467. The molecule has 0 atom stereocenters. The zero-order chi connectivity index (χ0) is 14.0. The average molecular weight is 258 g/mol. The summed E-state index contributed by atoms with van der Waals surface area (Å²) >= 11 is 0. The van der Waals surface area contributed by atoms with Crippen LogP contribution in [0.4, 0.5) is 5.69 Å².